The molecule has 18 heavy (non-hydrogen) atoms. The molecule has 1 aliphatic heterocycles. The maximum Gasteiger partial charge on any atom is 0.246 e. The zero-order chi connectivity index (χ0) is 12.4. The van der Waals surface area contributed by atoms with Gasteiger partial charge in [-0.1, -0.05) is 0 Å². The van der Waals surface area contributed by atoms with Gasteiger partial charge in [0.1, 0.15) is 5.82 Å². The molecule has 0 fully saturated rings. The van der Waals surface area contributed by atoms with Crippen LogP contribution < -0.4 is 5.01 Å². The standard InChI is InChI=1S/C13H11FN4/c14-11-4-2-10(3-5-11)12-6-8-15-13(17-12)18-9-1-7-16-18/h2-8H,1,9H2. The molecule has 0 saturated carbocycles. The van der Waals surface area contributed by atoms with Crippen molar-refractivity contribution < 1.29 is 4.39 Å². The third-order valence-electron chi connectivity index (χ3n) is 2.70. The summed E-state index contributed by atoms with van der Waals surface area (Å²) in [5.41, 5.74) is 1.63. The highest BCUT2D eigenvalue weighted by Crippen LogP contribution is 2.20. The van der Waals surface area contributed by atoms with Gasteiger partial charge in [0.25, 0.3) is 0 Å². The Morgan fingerprint density at radius 1 is 1.11 bits per heavy atom. The summed E-state index contributed by atoms with van der Waals surface area (Å²) in [5, 5.41) is 5.94. The molecule has 1 aromatic carbocycles. The lowest BCUT2D eigenvalue weighted by atomic mass is 10.1. The van der Waals surface area contributed by atoms with Crippen LogP contribution in [0.5, 0.6) is 0 Å². The Morgan fingerprint density at radius 3 is 2.67 bits per heavy atom. The summed E-state index contributed by atoms with van der Waals surface area (Å²) in [6.07, 6.45) is 4.44. The molecule has 0 bridgehead atoms. The molecule has 0 unspecified atom stereocenters. The molecule has 0 radical (unpaired) electrons. The lowest BCUT2D eigenvalue weighted by Crippen LogP contribution is -2.15. The molecule has 0 amide bonds. The second-order valence-electron chi connectivity index (χ2n) is 3.96. The molecule has 2 aromatic rings. The smallest absolute Gasteiger partial charge is 0.232 e. The van der Waals surface area contributed by atoms with Crippen molar-refractivity contribution in [2.75, 3.05) is 11.6 Å². The molecule has 5 heteroatoms. The molecule has 0 spiro atoms. The van der Waals surface area contributed by atoms with Crippen molar-refractivity contribution in [1.82, 2.24) is 9.97 Å². The van der Waals surface area contributed by atoms with E-state index in [2.05, 4.69) is 15.1 Å². The zero-order valence-corrected chi connectivity index (χ0v) is 9.62. The first-order chi connectivity index (χ1) is 8.83. The molecule has 1 aromatic heterocycles. The largest absolute Gasteiger partial charge is 0.246 e. The molecular weight excluding hydrogens is 231 g/mol. The van der Waals surface area contributed by atoms with Gasteiger partial charge in [-0.15, -0.1) is 0 Å². The molecule has 4 nitrogen and oxygen atoms in total. The Hall–Kier alpha value is -2.30. The van der Waals surface area contributed by atoms with Crippen molar-refractivity contribution in [3.8, 4) is 11.3 Å². The molecule has 90 valence electrons. The Balaban J connectivity index is 1.95. The number of anilines is 1. The maximum atomic E-state index is 12.9. The molecule has 1 aliphatic rings. The predicted molar refractivity (Wildman–Crippen MR) is 67.9 cm³/mol. The quantitative estimate of drug-likeness (QED) is 0.812. The first-order valence-electron chi connectivity index (χ1n) is 5.72. The maximum absolute atomic E-state index is 12.9. The number of halogens is 1. The van der Waals surface area contributed by atoms with E-state index in [9.17, 15) is 4.39 Å². The highest BCUT2D eigenvalue weighted by Gasteiger charge is 2.12. The Morgan fingerprint density at radius 2 is 1.94 bits per heavy atom. The van der Waals surface area contributed by atoms with E-state index in [0.717, 1.165) is 24.2 Å². The third kappa shape index (κ3) is 2.07. The van der Waals surface area contributed by atoms with Gasteiger partial charge in [0.05, 0.1) is 5.69 Å². The van der Waals surface area contributed by atoms with E-state index in [1.54, 1.807) is 29.4 Å². The van der Waals surface area contributed by atoms with E-state index in [0.29, 0.717) is 5.95 Å². The number of hydrogen-bond acceptors (Lipinski definition) is 4. The molecule has 2 heterocycles. The van der Waals surface area contributed by atoms with Crippen molar-refractivity contribution in [2.24, 2.45) is 5.10 Å². The molecule has 0 saturated heterocycles. The zero-order valence-electron chi connectivity index (χ0n) is 9.62. The van der Waals surface area contributed by atoms with Crippen LogP contribution in [-0.2, 0) is 0 Å². The minimum absolute atomic E-state index is 0.253. The molecule has 3 rings (SSSR count). The lowest BCUT2D eigenvalue weighted by molar-refractivity contribution is 0.628. The second-order valence-corrected chi connectivity index (χ2v) is 3.96. The van der Waals surface area contributed by atoms with Gasteiger partial charge < -0.3 is 0 Å². The van der Waals surface area contributed by atoms with Crippen LogP contribution in [0.2, 0.25) is 0 Å². The van der Waals surface area contributed by atoms with Gasteiger partial charge in [0, 0.05) is 30.9 Å². The van der Waals surface area contributed by atoms with Crippen LogP contribution in [0.4, 0.5) is 10.3 Å². The van der Waals surface area contributed by atoms with Gasteiger partial charge in [-0.3, -0.25) is 0 Å². The lowest BCUT2D eigenvalue weighted by Gasteiger charge is -2.11. The molecule has 0 N–H and O–H groups in total. The fourth-order valence-electron chi connectivity index (χ4n) is 1.80. The van der Waals surface area contributed by atoms with Crippen LogP contribution in [0, 0.1) is 5.82 Å². The topological polar surface area (TPSA) is 41.4 Å². The van der Waals surface area contributed by atoms with Gasteiger partial charge in [-0.2, -0.15) is 5.10 Å². The monoisotopic (exact) mass is 242 g/mol. The normalized spacial score (nSPS) is 14.2. The fourth-order valence-corrected chi connectivity index (χ4v) is 1.80. The SMILES string of the molecule is Fc1ccc(-c2ccnc(N3CCC=N3)n2)cc1. The summed E-state index contributed by atoms with van der Waals surface area (Å²) in [6.45, 7) is 0.798. The van der Waals surface area contributed by atoms with E-state index in [1.165, 1.54) is 12.1 Å². The van der Waals surface area contributed by atoms with Crippen molar-refractivity contribution >= 4 is 12.2 Å². The van der Waals surface area contributed by atoms with Crippen LogP contribution >= 0.6 is 0 Å². The second kappa shape index (κ2) is 4.52. The fraction of sp³-hybridized carbons (Fsp3) is 0.154. The number of benzene rings is 1. The van der Waals surface area contributed by atoms with Crippen molar-refractivity contribution in [1.29, 1.82) is 0 Å². The molecule has 0 atom stereocenters. The van der Waals surface area contributed by atoms with Crippen molar-refractivity contribution in [3.05, 3.63) is 42.3 Å². The number of hydrogen-bond donors (Lipinski definition) is 0. The summed E-state index contributed by atoms with van der Waals surface area (Å²) >= 11 is 0. The minimum Gasteiger partial charge on any atom is -0.232 e. The van der Waals surface area contributed by atoms with E-state index >= 15 is 0 Å². The highest BCUT2D eigenvalue weighted by atomic mass is 19.1. The number of aromatic nitrogens is 2. The van der Waals surface area contributed by atoms with Gasteiger partial charge in [-0.05, 0) is 30.3 Å². The summed E-state index contributed by atoms with van der Waals surface area (Å²) in [5.74, 6) is 0.322. The molecular formula is C13H11FN4. The highest BCUT2D eigenvalue weighted by molar-refractivity contribution is 5.64. The van der Waals surface area contributed by atoms with Gasteiger partial charge in [0.15, 0.2) is 0 Å². The summed E-state index contributed by atoms with van der Waals surface area (Å²) < 4.78 is 12.9. The van der Waals surface area contributed by atoms with E-state index in [4.69, 9.17) is 0 Å². The summed E-state index contributed by atoms with van der Waals surface area (Å²) in [7, 11) is 0. The van der Waals surface area contributed by atoms with Crippen LogP contribution in [0.15, 0.2) is 41.6 Å². The minimum atomic E-state index is -0.253. The van der Waals surface area contributed by atoms with Gasteiger partial charge in [0.2, 0.25) is 5.95 Å². The average Bonchev–Trinajstić information content (AvgIpc) is 2.94. The van der Waals surface area contributed by atoms with Crippen molar-refractivity contribution in [3.63, 3.8) is 0 Å². The Bertz CT molecular complexity index is 580. The van der Waals surface area contributed by atoms with Crippen LogP contribution in [0.25, 0.3) is 11.3 Å². The first kappa shape index (κ1) is 10.8. The van der Waals surface area contributed by atoms with Gasteiger partial charge >= 0.3 is 0 Å². The number of rotatable bonds is 2. The third-order valence-corrected chi connectivity index (χ3v) is 2.70. The van der Waals surface area contributed by atoms with Crippen LogP contribution in [0.3, 0.4) is 0 Å². The number of nitrogens with zero attached hydrogens (tertiary/aromatic N) is 4. The van der Waals surface area contributed by atoms with E-state index < -0.39 is 0 Å². The van der Waals surface area contributed by atoms with Crippen LogP contribution in [-0.4, -0.2) is 22.7 Å². The van der Waals surface area contributed by atoms with E-state index in [1.807, 2.05) is 6.21 Å². The van der Waals surface area contributed by atoms with Crippen LogP contribution in [0.1, 0.15) is 6.42 Å². The number of hydrazone groups is 1. The summed E-state index contributed by atoms with van der Waals surface area (Å²) in [4.78, 5) is 8.62. The van der Waals surface area contributed by atoms with E-state index in [-0.39, 0.29) is 5.82 Å². The predicted octanol–water partition coefficient (Wildman–Crippen LogP) is 2.48. The first-order valence-corrected chi connectivity index (χ1v) is 5.72. The summed E-state index contributed by atoms with van der Waals surface area (Å²) in [6, 6.07) is 8.05. The average molecular weight is 242 g/mol. The Kier molecular flexibility index (Phi) is 2.72. The van der Waals surface area contributed by atoms with Gasteiger partial charge in [-0.25, -0.2) is 19.4 Å². The van der Waals surface area contributed by atoms with Crippen molar-refractivity contribution in [2.45, 2.75) is 6.42 Å². The molecule has 0 aliphatic carbocycles. The Labute approximate surface area is 104 Å².